The Hall–Kier alpha value is -0.380. The molecule has 3 heteroatoms. The first-order valence-corrected chi connectivity index (χ1v) is 8.70. The lowest BCUT2D eigenvalue weighted by atomic mass is 9.94. The zero-order valence-electron chi connectivity index (χ0n) is 12.0. The molecule has 3 rings (SSSR count). The fourth-order valence-corrected chi connectivity index (χ4v) is 4.08. The van der Waals surface area contributed by atoms with Gasteiger partial charge in [0.2, 0.25) is 0 Å². The minimum atomic E-state index is -0.478. The Morgan fingerprint density at radius 1 is 1.20 bits per heavy atom. The van der Waals surface area contributed by atoms with Crippen molar-refractivity contribution in [3.8, 4) is 0 Å². The largest absolute Gasteiger partial charge is 0.389 e. The van der Waals surface area contributed by atoms with Crippen LogP contribution in [0, 0.1) is 0 Å². The summed E-state index contributed by atoms with van der Waals surface area (Å²) >= 11 is 3.54. The van der Waals surface area contributed by atoms with Crippen LogP contribution in [0.4, 0.5) is 0 Å². The molecular weight excluding hydrogens is 314 g/mol. The molecule has 1 fully saturated rings. The SMILES string of the molecule is OC1(CNC2CCc3cc(Br)ccc32)CCCCCC1. The molecule has 1 aromatic rings. The maximum absolute atomic E-state index is 10.7. The number of nitrogens with one attached hydrogen (secondary N) is 1. The van der Waals surface area contributed by atoms with E-state index in [9.17, 15) is 5.11 Å². The van der Waals surface area contributed by atoms with Gasteiger partial charge in [-0.15, -0.1) is 0 Å². The maximum atomic E-state index is 10.7. The van der Waals surface area contributed by atoms with Crippen molar-refractivity contribution < 1.29 is 5.11 Å². The smallest absolute Gasteiger partial charge is 0.0771 e. The molecule has 1 saturated carbocycles. The molecule has 2 nitrogen and oxygen atoms in total. The van der Waals surface area contributed by atoms with E-state index in [0.29, 0.717) is 6.04 Å². The van der Waals surface area contributed by atoms with E-state index in [2.05, 4.69) is 39.4 Å². The van der Waals surface area contributed by atoms with Gasteiger partial charge in [0.25, 0.3) is 0 Å². The van der Waals surface area contributed by atoms with E-state index < -0.39 is 5.60 Å². The van der Waals surface area contributed by atoms with Crippen LogP contribution in [0.5, 0.6) is 0 Å². The minimum Gasteiger partial charge on any atom is -0.389 e. The Morgan fingerprint density at radius 3 is 2.70 bits per heavy atom. The second kappa shape index (κ2) is 6.17. The molecule has 1 atom stereocenters. The topological polar surface area (TPSA) is 32.3 Å². The van der Waals surface area contributed by atoms with Gasteiger partial charge in [0.1, 0.15) is 0 Å². The average molecular weight is 338 g/mol. The number of aliphatic hydroxyl groups is 1. The molecule has 0 amide bonds. The second-order valence-electron chi connectivity index (χ2n) is 6.45. The van der Waals surface area contributed by atoms with Crippen molar-refractivity contribution in [3.05, 3.63) is 33.8 Å². The monoisotopic (exact) mass is 337 g/mol. The fraction of sp³-hybridized carbons (Fsp3) is 0.647. The summed E-state index contributed by atoms with van der Waals surface area (Å²) < 4.78 is 1.17. The summed E-state index contributed by atoms with van der Waals surface area (Å²) in [6.45, 7) is 0.743. The summed E-state index contributed by atoms with van der Waals surface area (Å²) in [5.74, 6) is 0. The molecule has 0 aliphatic heterocycles. The molecule has 0 aromatic heterocycles. The highest BCUT2D eigenvalue weighted by molar-refractivity contribution is 9.10. The molecular formula is C17H24BrNO. The van der Waals surface area contributed by atoms with E-state index in [1.54, 1.807) is 0 Å². The standard InChI is InChI=1S/C17H24BrNO/c18-14-6-7-15-13(11-14)5-8-16(15)19-12-17(20)9-3-1-2-4-10-17/h6-7,11,16,19-20H,1-5,8-10,12H2. The predicted molar refractivity (Wildman–Crippen MR) is 85.9 cm³/mol. The molecule has 0 saturated heterocycles. The molecule has 1 aromatic carbocycles. The Bertz CT molecular complexity index is 466. The second-order valence-corrected chi connectivity index (χ2v) is 7.37. The van der Waals surface area contributed by atoms with Crippen LogP contribution in [0.25, 0.3) is 0 Å². The van der Waals surface area contributed by atoms with Crippen LogP contribution in [0.15, 0.2) is 22.7 Å². The van der Waals surface area contributed by atoms with Gasteiger partial charge in [-0.05, 0) is 48.9 Å². The van der Waals surface area contributed by atoms with Gasteiger partial charge in [-0.2, -0.15) is 0 Å². The number of hydrogen-bond acceptors (Lipinski definition) is 2. The minimum absolute atomic E-state index is 0.422. The Labute approximate surface area is 130 Å². The van der Waals surface area contributed by atoms with Crippen LogP contribution >= 0.6 is 15.9 Å². The lowest BCUT2D eigenvalue weighted by Gasteiger charge is -2.29. The van der Waals surface area contributed by atoms with Crippen LogP contribution < -0.4 is 5.32 Å². The number of benzene rings is 1. The summed E-state index contributed by atoms with van der Waals surface area (Å²) in [5.41, 5.74) is 2.39. The first-order valence-electron chi connectivity index (χ1n) is 7.90. The number of fused-ring (bicyclic) bond motifs is 1. The average Bonchev–Trinajstić information content (AvgIpc) is 2.70. The van der Waals surface area contributed by atoms with Gasteiger partial charge in [0.05, 0.1) is 5.60 Å². The molecule has 0 radical (unpaired) electrons. The molecule has 20 heavy (non-hydrogen) atoms. The van der Waals surface area contributed by atoms with Gasteiger partial charge < -0.3 is 10.4 Å². The molecule has 2 N–H and O–H groups in total. The quantitative estimate of drug-likeness (QED) is 0.813. The molecule has 2 aliphatic carbocycles. The highest BCUT2D eigenvalue weighted by atomic mass is 79.9. The van der Waals surface area contributed by atoms with Crippen molar-refractivity contribution in [2.24, 2.45) is 0 Å². The van der Waals surface area contributed by atoms with E-state index in [-0.39, 0.29) is 0 Å². The first kappa shape index (κ1) is 14.6. The zero-order valence-corrected chi connectivity index (χ0v) is 13.6. The third kappa shape index (κ3) is 3.26. The van der Waals surface area contributed by atoms with Crippen molar-refractivity contribution in [3.63, 3.8) is 0 Å². The zero-order chi connectivity index (χ0) is 14.0. The van der Waals surface area contributed by atoms with Crippen molar-refractivity contribution >= 4 is 15.9 Å². The van der Waals surface area contributed by atoms with Gasteiger partial charge in [-0.3, -0.25) is 0 Å². The van der Waals surface area contributed by atoms with E-state index in [4.69, 9.17) is 0 Å². The maximum Gasteiger partial charge on any atom is 0.0771 e. The van der Waals surface area contributed by atoms with Gasteiger partial charge in [0.15, 0.2) is 0 Å². The number of halogens is 1. The Kier molecular flexibility index (Phi) is 4.49. The summed E-state index contributed by atoms with van der Waals surface area (Å²) in [6, 6.07) is 7.00. The molecule has 1 unspecified atom stereocenters. The highest BCUT2D eigenvalue weighted by Gasteiger charge is 2.30. The van der Waals surface area contributed by atoms with Crippen LogP contribution in [0.1, 0.15) is 62.1 Å². The first-order chi connectivity index (χ1) is 9.66. The van der Waals surface area contributed by atoms with E-state index in [1.807, 2.05) is 0 Å². The molecule has 0 spiro atoms. The number of aryl methyl sites for hydroxylation is 1. The highest BCUT2D eigenvalue weighted by Crippen LogP contribution is 2.34. The fourth-order valence-electron chi connectivity index (χ4n) is 3.67. The normalized spacial score (nSPS) is 25.2. The summed E-state index contributed by atoms with van der Waals surface area (Å²) in [5, 5.41) is 14.4. The molecule has 110 valence electrons. The lowest BCUT2D eigenvalue weighted by molar-refractivity contribution is 0.0227. The third-order valence-electron chi connectivity index (χ3n) is 4.89. The van der Waals surface area contributed by atoms with E-state index in [0.717, 1.165) is 32.2 Å². The van der Waals surface area contributed by atoms with E-state index in [1.165, 1.54) is 41.3 Å². The predicted octanol–water partition coefficient (Wildman–Crippen LogP) is 4.11. The van der Waals surface area contributed by atoms with Gasteiger partial charge in [-0.1, -0.05) is 47.7 Å². The van der Waals surface area contributed by atoms with Crippen molar-refractivity contribution in [1.29, 1.82) is 0 Å². The van der Waals surface area contributed by atoms with E-state index >= 15 is 0 Å². The third-order valence-corrected chi connectivity index (χ3v) is 5.39. The number of rotatable bonds is 3. The van der Waals surface area contributed by atoms with Crippen LogP contribution in [0.3, 0.4) is 0 Å². The molecule has 0 heterocycles. The van der Waals surface area contributed by atoms with Gasteiger partial charge in [0, 0.05) is 17.1 Å². The Morgan fingerprint density at radius 2 is 1.95 bits per heavy atom. The molecule has 2 aliphatic rings. The van der Waals surface area contributed by atoms with Gasteiger partial charge >= 0.3 is 0 Å². The molecule has 0 bridgehead atoms. The Balaban J connectivity index is 1.62. The van der Waals surface area contributed by atoms with Crippen molar-refractivity contribution in [2.75, 3.05) is 6.54 Å². The van der Waals surface area contributed by atoms with Crippen LogP contribution in [0.2, 0.25) is 0 Å². The van der Waals surface area contributed by atoms with Crippen LogP contribution in [-0.4, -0.2) is 17.3 Å². The number of hydrogen-bond donors (Lipinski definition) is 2. The van der Waals surface area contributed by atoms with Crippen molar-refractivity contribution in [2.45, 2.75) is 63.0 Å². The van der Waals surface area contributed by atoms with Crippen molar-refractivity contribution in [1.82, 2.24) is 5.32 Å². The lowest BCUT2D eigenvalue weighted by Crippen LogP contribution is -2.41. The summed E-state index contributed by atoms with van der Waals surface area (Å²) in [7, 11) is 0. The summed E-state index contributed by atoms with van der Waals surface area (Å²) in [6.07, 6.45) is 9.12. The van der Waals surface area contributed by atoms with Gasteiger partial charge in [-0.25, -0.2) is 0 Å². The van der Waals surface area contributed by atoms with Crippen LogP contribution in [-0.2, 0) is 6.42 Å². The summed E-state index contributed by atoms with van der Waals surface area (Å²) in [4.78, 5) is 0.